The van der Waals surface area contributed by atoms with E-state index in [0.29, 0.717) is 32.0 Å². The molecule has 0 radical (unpaired) electrons. The number of phenols is 1. The Balaban J connectivity index is 1.33. The maximum absolute atomic E-state index is 15.3. The van der Waals surface area contributed by atoms with Crippen molar-refractivity contribution in [1.82, 2.24) is 5.01 Å². The van der Waals surface area contributed by atoms with Gasteiger partial charge in [-0.05, 0) is 118 Å². The molecule has 0 aromatic heterocycles. The number of aromatic hydroxyl groups is 1. The molecule has 2 N–H and O–H groups in total. The summed E-state index contributed by atoms with van der Waals surface area (Å²) >= 11 is 9.84. The predicted octanol–water partition coefficient (Wildman–Crippen LogP) is 7.71. The van der Waals surface area contributed by atoms with Crippen molar-refractivity contribution in [1.29, 1.82) is 0 Å². The number of nitrogens with zero attached hydrogens (tertiary/aromatic N) is 2. The van der Waals surface area contributed by atoms with E-state index in [2.05, 4.69) is 21.4 Å². The number of methoxy groups -OCH3 is 1. The van der Waals surface area contributed by atoms with Crippen LogP contribution in [0, 0.1) is 29.5 Å². The van der Waals surface area contributed by atoms with E-state index < -0.39 is 52.6 Å². The fourth-order valence-electron chi connectivity index (χ4n) is 9.08. The lowest BCUT2D eigenvalue weighted by atomic mass is 9.49. The molecule has 2 aliphatic heterocycles. The smallest absolute Gasteiger partial charge is 0.260 e. The number of ether oxygens (including phenoxy) is 1. The number of carbonyl (C=O) groups is 4. The van der Waals surface area contributed by atoms with Gasteiger partial charge in [0, 0.05) is 10.9 Å². The average molecular weight is 799 g/mol. The largest absolute Gasteiger partial charge is 0.503 e. The number of hydrogen-bond donors (Lipinski definition) is 2. The van der Waals surface area contributed by atoms with Crippen molar-refractivity contribution in [3.05, 3.63) is 129 Å². The van der Waals surface area contributed by atoms with Gasteiger partial charge < -0.3 is 9.84 Å². The number of halogens is 3. The summed E-state index contributed by atoms with van der Waals surface area (Å²) in [5, 5.41) is 12.3. The van der Waals surface area contributed by atoms with Gasteiger partial charge in [0.15, 0.2) is 11.5 Å². The van der Waals surface area contributed by atoms with Gasteiger partial charge in [0.05, 0.1) is 46.1 Å². The first kappa shape index (κ1) is 35.1. The van der Waals surface area contributed by atoms with E-state index >= 15 is 4.79 Å². The SMILES string of the molecule is CCc1ccc(N2C(=O)C3CC=C4C(CC5C(=O)N(Nc6ccc(F)cc6)C(=O)C5(c5ccc(Cl)cc5)C4c4cc(Br)c(O)c(OC)c4)C3C2=O)cc1. The molecule has 0 bridgehead atoms. The van der Waals surface area contributed by atoms with Gasteiger partial charge in [-0.15, -0.1) is 0 Å². The molecule has 2 saturated heterocycles. The van der Waals surface area contributed by atoms with Crippen LogP contribution in [0.3, 0.4) is 0 Å². The highest BCUT2D eigenvalue weighted by Crippen LogP contribution is 2.64. The highest BCUT2D eigenvalue weighted by Gasteiger charge is 2.70. The third-order valence-corrected chi connectivity index (χ3v) is 12.3. The van der Waals surface area contributed by atoms with Crippen LogP contribution in [0.15, 0.2) is 101 Å². The Bertz CT molecular complexity index is 2210. The van der Waals surface area contributed by atoms with Crippen molar-refractivity contribution < 1.29 is 33.4 Å². The Kier molecular flexibility index (Phi) is 8.69. The number of anilines is 2. The second kappa shape index (κ2) is 13.1. The van der Waals surface area contributed by atoms with E-state index in [1.165, 1.54) is 36.3 Å². The third-order valence-electron chi connectivity index (χ3n) is 11.5. The van der Waals surface area contributed by atoms with Crippen LogP contribution in [0.5, 0.6) is 11.5 Å². The number of allylic oxidation sites excluding steroid dienone is 2. The number of rotatable bonds is 7. The molecule has 2 aliphatic carbocycles. The molecule has 3 fully saturated rings. The summed E-state index contributed by atoms with van der Waals surface area (Å²) < 4.78 is 19.8. The van der Waals surface area contributed by atoms with Crippen LogP contribution in [0.1, 0.15) is 42.4 Å². The molecule has 0 spiro atoms. The first-order chi connectivity index (χ1) is 25.5. The first-order valence-corrected chi connectivity index (χ1v) is 18.6. The molecule has 6 unspecified atom stereocenters. The van der Waals surface area contributed by atoms with E-state index in [1.807, 2.05) is 25.1 Å². The molecule has 2 heterocycles. The molecular formula is C41H34BrClFN3O6. The van der Waals surface area contributed by atoms with Crippen LogP contribution < -0.4 is 15.1 Å². The van der Waals surface area contributed by atoms with Crippen molar-refractivity contribution >= 4 is 62.5 Å². The summed E-state index contributed by atoms with van der Waals surface area (Å²) in [6.07, 6.45) is 3.11. The number of fused-ring (bicyclic) bond motifs is 4. The molecule has 270 valence electrons. The number of benzene rings is 4. The Morgan fingerprint density at radius 3 is 2.30 bits per heavy atom. The van der Waals surface area contributed by atoms with Crippen LogP contribution in [0.2, 0.25) is 5.02 Å². The molecule has 4 aromatic carbocycles. The molecule has 1 saturated carbocycles. The molecule has 53 heavy (non-hydrogen) atoms. The number of phenolic OH excluding ortho intramolecular Hbond substituents is 1. The summed E-state index contributed by atoms with van der Waals surface area (Å²) in [6, 6.07) is 22.8. The zero-order valence-electron chi connectivity index (χ0n) is 28.7. The Hall–Kier alpha value is -5.00. The van der Waals surface area contributed by atoms with E-state index in [-0.39, 0.29) is 36.2 Å². The fourth-order valence-corrected chi connectivity index (χ4v) is 9.67. The maximum atomic E-state index is 15.3. The van der Waals surface area contributed by atoms with Gasteiger partial charge in [0.1, 0.15) is 5.82 Å². The molecule has 4 amide bonds. The second-order valence-corrected chi connectivity index (χ2v) is 15.2. The van der Waals surface area contributed by atoms with Gasteiger partial charge in [0.2, 0.25) is 11.8 Å². The van der Waals surface area contributed by atoms with Gasteiger partial charge >= 0.3 is 0 Å². The van der Waals surface area contributed by atoms with Crippen molar-refractivity contribution in [3.63, 3.8) is 0 Å². The normalized spacial score (nSPS) is 26.3. The zero-order chi connectivity index (χ0) is 37.3. The maximum Gasteiger partial charge on any atom is 0.260 e. The molecule has 12 heteroatoms. The Morgan fingerprint density at radius 1 is 0.943 bits per heavy atom. The van der Waals surface area contributed by atoms with Gasteiger partial charge in [-0.2, -0.15) is 5.01 Å². The summed E-state index contributed by atoms with van der Waals surface area (Å²) in [4.78, 5) is 60.1. The van der Waals surface area contributed by atoms with Crippen molar-refractivity contribution in [3.8, 4) is 11.5 Å². The molecule has 8 rings (SSSR count). The highest BCUT2D eigenvalue weighted by atomic mass is 79.9. The van der Waals surface area contributed by atoms with Crippen molar-refractivity contribution in [2.24, 2.45) is 23.7 Å². The van der Waals surface area contributed by atoms with Crippen LogP contribution in [0.4, 0.5) is 15.8 Å². The number of aryl methyl sites for hydroxylation is 1. The number of nitrogens with one attached hydrogen (secondary N) is 1. The minimum atomic E-state index is -1.58. The van der Waals surface area contributed by atoms with Gasteiger partial charge in [-0.3, -0.25) is 29.5 Å². The lowest BCUT2D eigenvalue weighted by Crippen LogP contribution is -2.53. The molecule has 6 atom stereocenters. The molecular weight excluding hydrogens is 765 g/mol. The zero-order valence-corrected chi connectivity index (χ0v) is 31.0. The second-order valence-electron chi connectivity index (χ2n) is 14.0. The lowest BCUT2D eigenvalue weighted by Gasteiger charge is -2.50. The van der Waals surface area contributed by atoms with Crippen molar-refractivity contribution in [2.45, 2.75) is 37.5 Å². The molecule has 9 nitrogen and oxygen atoms in total. The van der Waals surface area contributed by atoms with Gasteiger partial charge in [-0.1, -0.05) is 54.4 Å². The minimum absolute atomic E-state index is 0.0936. The minimum Gasteiger partial charge on any atom is -0.503 e. The van der Waals surface area contributed by atoms with E-state index in [1.54, 1.807) is 48.5 Å². The first-order valence-electron chi connectivity index (χ1n) is 17.4. The quantitative estimate of drug-likeness (QED) is 0.145. The fraction of sp³-hybridized carbons (Fsp3) is 0.268. The monoisotopic (exact) mass is 797 g/mol. The Morgan fingerprint density at radius 2 is 1.64 bits per heavy atom. The number of amides is 4. The number of carbonyl (C=O) groups excluding carboxylic acids is 4. The number of hydrogen-bond acceptors (Lipinski definition) is 7. The number of hydrazine groups is 1. The number of imide groups is 2. The lowest BCUT2D eigenvalue weighted by molar-refractivity contribution is -0.138. The van der Waals surface area contributed by atoms with Gasteiger partial charge in [-0.25, -0.2) is 4.39 Å². The van der Waals surface area contributed by atoms with Crippen LogP contribution in [-0.4, -0.2) is 40.9 Å². The van der Waals surface area contributed by atoms with Crippen LogP contribution in [0.25, 0.3) is 0 Å². The van der Waals surface area contributed by atoms with E-state index in [9.17, 15) is 23.9 Å². The average Bonchev–Trinajstić information content (AvgIpc) is 3.54. The van der Waals surface area contributed by atoms with E-state index in [0.717, 1.165) is 22.6 Å². The molecule has 4 aliphatic rings. The summed E-state index contributed by atoms with van der Waals surface area (Å²) in [5.41, 5.74) is 5.07. The summed E-state index contributed by atoms with van der Waals surface area (Å²) in [6.45, 7) is 2.03. The Labute approximate surface area is 318 Å². The third kappa shape index (κ3) is 5.30. The van der Waals surface area contributed by atoms with E-state index in [4.69, 9.17) is 16.3 Å². The predicted molar refractivity (Wildman–Crippen MR) is 200 cm³/mol. The molecule has 4 aromatic rings. The van der Waals surface area contributed by atoms with Crippen LogP contribution in [-0.2, 0) is 31.0 Å². The van der Waals surface area contributed by atoms with Crippen molar-refractivity contribution in [2.75, 3.05) is 17.4 Å². The van der Waals surface area contributed by atoms with Gasteiger partial charge in [0.25, 0.3) is 11.8 Å². The summed E-state index contributed by atoms with van der Waals surface area (Å²) in [7, 11) is 1.42. The van der Waals surface area contributed by atoms with Crippen LogP contribution >= 0.6 is 27.5 Å². The highest BCUT2D eigenvalue weighted by molar-refractivity contribution is 9.10. The topological polar surface area (TPSA) is 116 Å². The standard InChI is InChI=1S/C41H34BrClFN3O6/c1-3-21-4-14-27(15-5-21)46-37(49)29-17-16-28-30(34(29)39(46)51)20-31-38(50)47(45-26-12-10-25(44)11-13-26)40(52)41(31,23-6-8-24(43)9-7-23)35(28)22-18-32(42)36(48)33(19-22)53-2/h4-16,18-19,29-31,34-35,45,48H,3,17,20H2,1-2H3. The summed E-state index contributed by atoms with van der Waals surface area (Å²) in [5.74, 6) is -6.15.